The summed E-state index contributed by atoms with van der Waals surface area (Å²) >= 11 is 0.551. The number of halogens is 3. The van der Waals surface area contributed by atoms with Gasteiger partial charge in [0.05, 0.1) is 11.3 Å². The molecule has 82 valence electrons. The highest BCUT2D eigenvalue weighted by Gasteiger charge is 2.34. The van der Waals surface area contributed by atoms with Gasteiger partial charge < -0.3 is 5.11 Å². The molecule has 0 bridgehead atoms. The van der Waals surface area contributed by atoms with E-state index >= 15 is 0 Å². The molecule has 1 heterocycles. The number of carbonyl (C=O) groups is 1. The van der Waals surface area contributed by atoms with Crippen molar-refractivity contribution in [2.24, 2.45) is 0 Å². The highest BCUT2D eigenvalue weighted by atomic mass is 32.2. The number of aromatic nitrogens is 1. The molecule has 0 fully saturated rings. The topological polar surface area (TPSA) is 50.2 Å². The maximum atomic E-state index is 12.4. The predicted octanol–water partition coefficient (Wildman–Crippen LogP) is 2.28. The maximum absolute atomic E-state index is 12.4. The van der Waals surface area contributed by atoms with Crippen LogP contribution in [0.3, 0.4) is 0 Å². The van der Waals surface area contributed by atoms with Crippen molar-refractivity contribution in [2.75, 3.05) is 5.75 Å². The molecule has 0 aliphatic heterocycles. The van der Waals surface area contributed by atoms with Crippen LogP contribution in [0.4, 0.5) is 13.2 Å². The average Bonchev–Trinajstić information content (AvgIpc) is 2.13. The van der Waals surface area contributed by atoms with Crippen LogP contribution in [-0.2, 0) is 11.0 Å². The summed E-state index contributed by atoms with van der Waals surface area (Å²) in [7, 11) is 0. The standard InChI is InChI=1S/C8H6F3NO2S/c9-8(10,11)5-2-1-3-12-7(5)15-4-6(13)14/h1-3H,4H2,(H,13,14). The van der Waals surface area contributed by atoms with E-state index < -0.39 is 23.5 Å². The molecule has 0 amide bonds. The third-order valence-electron chi connectivity index (χ3n) is 1.41. The van der Waals surface area contributed by atoms with Gasteiger partial charge in [-0.15, -0.1) is 0 Å². The van der Waals surface area contributed by atoms with Crippen molar-refractivity contribution in [3.05, 3.63) is 23.9 Å². The molecular weight excluding hydrogens is 231 g/mol. The molecule has 0 aliphatic rings. The second-order valence-electron chi connectivity index (χ2n) is 2.54. The molecule has 0 unspecified atom stereocenters. The van der Waals surface area contributed by atoms with Crippen LogP contribution in [0.15, 0.2) is 23.4 Å². The lowest BCUT2D eigenvalue weighted by Crippen LogP contribution is -2.09. The van der Waals surface area contributed by atoms with Crippen molar-refractivity contribution in [1.82, 2.24) is 4.98 Å². The quantitative estimate of drug-likeness (QED) is 0.819. The van der Waals surface area contributed by atoms with Crippen molar-refractivity contribution in [1.29, 1.82) is 0 Å². The molecule has 15 heavy (non-hydrogen) atoms. The Bertz CT molecular complexity index is 367. The van der Waals surface area contributed by atoms with E-state index in [1.807, 2.05) is 0 Å². The summed E-state index contributed by atoms with van der Waals surface area (Å²) in [4.78, 5) is 13.7. The van der Waals surface area contributed by atoms with Crippen LogP contribution in [0.5, 0.6) is 0 Å². The zero-order valence-electron chi connectivity index (χ0n) is 7.28. The molecule has 1 aromatic heterocycles. The summed E-state index contributed by atoms with van der Waals surface area (Å²) in [5, 5.41) is 8.03. The van der Waals surface area contributed by atoms with Gasteiger partial charge in [0.15, 0.2) is 0 Å². The lowest BCUT2D eigenvalue weighted by Gasteiger charge is -2.09. The molecule has 0 atom stereocenters. The van der Waals surface area contributed by atoms with Crippen LogP contribution < -0.4 is 0 Å². The lowest BCUT2D eigenvalue weighted by molar-refractivity contribution is -0.140. The van der Waals surface area contributed by atoms with Crippen LogP contribution in [0, 0.1) is 0 Å². The summed E-state index contributed by atoms with van der Waals surface area (Å²) < 4.78 is 37.1. The molecule has 1 aromatic rings. The van der Waals surface area contributed by atoms with Gasteiger partial charge in [0.1, 0.15) is 5.03 Å². The third-order valence-corrected chi connectivity index (χ3v) is 2.40. The number of nitrogens with zero attached hydrogens (tertiary/aromatic N) is 1. The second kappa shape index (κ2) is 4.52. The zero-order chi connectivity index (χ0) is 11.5. The van der Waals surface area contributed by atoms with E-state index in [9.17, 15) is 18.0 Å². The Morgan fingerprint density at radius 2 is 2.20 bits per heavy atom. The van der Waals surface area contributed by atoms with Crippen LogP contribution in [0.25, 0.3) is 0 Å². The van der Waals surface area contributed by atoms with Crippen LogP contribution in [0.1, 0.15) is 5.56 Å². The average molecular weight is 237 g/mol. The Hall–Kier alpha value is -1.24. The van der Waals surface area contributed by atoms with E-state index in [4.69, 9.17) is 5.11 Å². The minimum absolute atomic E-state index is 0.313. The van der Waals surface area contributed by atoms with Gasteiger partial charge in [0.25, 0.3) is 0 Å². The Morgan fingerprint density at radius 3 is 2.73 bits per heavy atom. The summed E-state index contributed by atoms with van der Waals surface area (Å²) in [6, 6.07) is 2.03. The van der Waals surface area contributed by atoms with Crippen LogP contribution in [-0.4, -0.2) is 21.8 Å². The molecule has 7 heteroatoms. The zero-order valence-corrected chi connectivity index (χ0v) is 8.10. The summed E-state index contributed by atoms with van der Waals surface area (Å²) in [6.07, 6.45) is -3.31. The number of hydrogen-bond donors (Lipinski definition) is 1. The number of carboxylic acids is 1. The fourth-order valence-corrected chi connectivity index (χ4v) is 1.59. The second-order valence-corrected chi connectivity index (χ2v) is 3.50. The van der Waals surface area contributed by atoms with E-state index in [1.54, 1.807) is 0 Å². The van der Waals surface area contributed by atoms with Gasteiger partial charge in [-0.25, -0.2) is 4.98 Å². The van der Waals surface area contributed by atoms with Gasteiger partial charge in [-0.3, -0.25) is 4.79 Å². The molecule has 1 N–H and O–H groups in total. The third kappa shape index (κ3) is 3.43. The van der Waals surface area contributed by atoms with Crippen LogP contribution in [0.2, 0.25) is 0 Å². The largest absolute Gasteiger partial charge is 0.481 e. The van der Waals surface area contributed by atoms with E-state index in [0.717, 1.165) is 12.1 Å². The fraction of sp³-hybridized carbons (Fsp3) is 0.250. The molecule has 0 aliphatic carbocycles. The number of thioether (sulfide) groups is 1. The van der Waals surface area contributed by atoms with Crippen molar-refractivity contribution in [3.63, 3.8) is 0 Å². The predicted molar refractivity (Wildman–Crippen MR) is 47.6 cm³/mol. The normalized spacial score (nSPS) is 11.4. The summed E-state index contributed by atoms with van der Waals surface area (Å²) in [5.41, 5.74) is -0.906. The van der Waals surface area contributed by atoms with Crippen molar-refractivity contribution >= 4 is 17.7 Å². The number of alkyl halides is 3. The minimum atomic E-state index is -4.50. The first kappa shape index (κ1) is 11.8. The minimum Gasteiger partial charge on any atom is -0.481 e. The molecule has 3 nitrogen and oxygen atoms in total. The van der Waals surface area contributed by atoms with E-state index in [1.165, 1.54) is 6.20 Å². The van der Waals surface area contributed by atoms with Gasteiger partial charge >= 0.3 is 12.1 Å². The Labute approximate surface area is 87.3 Å². The molecule has 0 aromatic carbocycles. The molecule has 0 radical (unpaired) electrons. The van der Waals surface area contributed by atoms with Crippen molar-refractivity contribution in [2.45, 2.75) is 11.2 Å². The first-order valence-electron chi connectivity index (χ1n) is 3.78. The summed E-state index contributed by atoms with van der Waals surface area (Å²) in [6.45, 7) is 0. The first-order chi connectivity index (χ1) is 6.91. The molecule has 0 saturated carbocycles. The number of aliphatic carboxylic acids is 1. The SMILES string of the molecule is O=C(O)CSc1ncccc1C(F)(F)F. The molecular formula is C8H6F3NO2S. The summed E-state index contributed by atoms with van der Waals surface area (Å²) in [5.74, 6) is -1.63. The van der Waals surface area contributed by atoms with Gasteiger partial charge in [-0.05, 0) is 12.1 Å². The highest BCUT2D eigenvalue weighted by molar-refractivity contribution is 7.99. The van der Waals surface area contributed by atoms with Gasteiger partial charge in [0, 0.05) is 6.20 Å². The lowest BCUT2D eigenvalue weighted by atomic mass is 10.3. The number of pyridine rings is 1. The molecule has 0 spiro atoms. The smallest absolute Gasteiger partial charge is 0.419 e. The van der Waals surface area contributed by atoms with E-state index in [2.05, 4.69) is 4.98 Å². The first-order valence-corrected chi connectivity index (χ1v) is 4.76. The van der Waals surface area contributed by atoms with Gasteiger partial charge in [0.2, 0.25) is 0 Å². The fourth-order valence-electron chi connectivity index (χ4n) is 0.852. The maximum Gasteiger partial charge on any atom is 0.419 e. The van der Waals surface area contributed by atoms with Crippen LogP contribution >= 0.6 is 11.8 Å². The Morgan fingerprint density at radius 1 is 1.53 bits per heavy atom. The van der Waals surface area contributed by atoms with Gasteiger partial charge in [-0.1, -0.05) is 11.8 Å². The van der Waals surface area contributed by atoms with Crippen molar-refractivity contribution < 1.29 is 23.1 Å². The Balaban J connectivity index is 2.92. The number of rotatable bonds is 3. The number of carboxylic acid groups (broad SMARTS) is 1. The highest BCUT2D eigenvalue weighted by Crippen LogP contribution is 2.34. The van der Waals surface area contributed by atoms with Crippen molar-refractivity contribution in [3.8, 4) is 0 Å². The van der Waals surface area contributed by atoms with Gasteiger partial charge in [-0.2, -0.15) is 13.2 Å². The Kier molecular flexibility index (Phi) is 3.57. The van der Waals surface area contributed by atoms with E-state index in [0.29, 0.717) is 11.8 Å². The van der Waals surface area contributed by atoms with E-state index in [-0.39, 0.29) is 5.03 Å². The number of hydrogen-bond acceptors (Lipinski definition) is 3. The monoisotopic (exact) mass is 237 g/mol. The molecule has 0 saturated heterocycles. The molecule has 1 rings (SSSR count).